The van der Waals surface area contributed by atoms with E-state index in [-0.39, 0.29) is 11.1 Å². The molecular formula is C11H15NO3. The smallest absolute Gasteiger partial charge is 0.336 e. The highest BCUT2D eigenvalue weighted by molar-refractivity contribution is 5.88. The molecule has 15 heavy (non-hydrogen) atoms. The molecule has 0 aliphatic carbocycles. The Morgan fingerprint density at radius 2 is 2.13 bits per heavy atom. The molecular weight excluding hydrogens is 194 g/mol. The molecule has 1 heterocycles. The third kappa shape index (κ3) is 2.46. The summed E-state index contributed by atoms with van der Waals surface area (Å²) in [7, 11) is 0. The summed E-state index contributed by atoms with van der Waals surface area (Å²) in [5.74, 6) is -0.695. The lowest BCUT2D eigenvalue weighted by molar-refractivity contribution is 0.0695. The number of aromatic nitrogens is 1. The van der Waals surface area contributed by atoms with Gasteiger partial charge in [-0.3, -0.25) is 4.79 Å². The zero-order valence-corrected chi connectivity index (χ0v) is 9.15. The fourth-order valence-electron chi connectivity index (χ4n) is 1.46. The normalized spacial score (nSPS) is 10.7. The highest BCUT2D eigenvalue weighted by Gasteiger charge is 2.11. The van der Waals surface area contributed by atoms with Crippen molar-refractivity contribution in [3.63, 3.8) is 0 Å². The molecule has 0 fully saturated rings. The van der Waals surface area contributed by atoms with Gasteiger partial charge in [0.2, 0.25) is 0 Å². The van der Waals surface area contributed by atoms with Crippen LogP contribution in [0.5, 0.6) is 0 Å². The number of nitrogens with zero attached hydrogens (tertiary/aromatic N) is 1. The highest BCUT2D eigenvalue weighted by Crippen LogP contribution is 2.04. The van der Waals surface area contributed by atoms with Crippen molar-refractivity contribution in [3.8, 4) is 0 Å². The number of rotatable bonds is 3. The van der Waals surface area contributed by atoms with E-state index >= 15 is 0 Å². The zero-order chi connectivity index (χ0) is 11.6. The molecule has 1 aromatic heterocycles. The monoisotopic (exact) mass is 209 g/mol. The molecule has 0 saturated carbocycles. The van der Waals surface area contributed by atoms with E-state index in [1.807, 2.05) is 13.8 Å². The van der Waals surface area contributed by atoms with Gasteiger partial charge >= 0.3 is 5.97 Å². The summed E-state index contributed by atoms with van der Waals surface area (Å²) in [5, 5.41) is 8.81. The third-order valence-corrected chi connectivity index (χ3v) is 2.20. The van der Waals surface area contributed by atoms with Crippen molar-refractivity contribution in [1.29, 1.82) is 0 Å². The Labute approximate surface area is 88.2 Å². The van der Waals surface area contributed by atoms with Gasteiger partial charge in [-0.05, 0) is 18.9 Å². The van der Waals surface area contributed by atoms with E-state index in [0.29, 0.717) is 18.0 Å². The topological polar surface area (TPSA) is 59.3 Å². The average molecular weight is 209 g/mol. The number of hydrogen-bond donors (Lipinski definition) is 1. The molecule has 0 amide bonds. The van der Waals surface area contributed by atoms with Crippen LogP contribution in [0.4, 0.5) is 0 Å². The maximum Gasteiger partial charge on any atom is 0.336 e. The first-order valence-corrected chi connectivity index (χ1v) is 4.86. The molecule has 4 nitrogen and oxygen atoms in total. The van der Waals surface area contributed by atoms with Gasteiger partial charge in [0.25, 0.3) is 5.56 Å². The van der Waals surface area contributed by atoms with E-state index < -0.39 is 5.97 Å². The second-order valence-corrected chi connectivity index (χ2v) is 4.01. The fraction of sp³-hybridized carbons (Fsp3) is 0.455. The largest absolute Gasteiger partial charge is 0.478 e. The minimum Gasteiger partial charge on any atom is -0.478 e. The lowest BCUT2D eigenvalue weighted by atomic mass is 10.1. The molecule has 1 rings (SSSR count). The molecule has 0 atom stereocenters. The summed E-state index contributed by atoms with van der Waals surface area (Å²) >= 11 is 0. The van der Waals surface area contributed by atoms with E-state index in [2.05, 4.69) is 0 Å². The van der Waals surface area contributed by atoms with Crippen LogP contribution in [0, 0.1) is 12.8 Å². The van der Waals surface area contributed by atoms with Gasteiger partial charge in [0, 0.05) is 18.3 Å². The highest BCUT2D eigenvalue weighted by atomic mass is 16.4. The number of carbonyl (C=O) groups is 1. The van der Waals surface area contributed by atoms with Crippen LogP contribution in [0.1, 0.15) is 29.8 Å². The van der Waals surface area contributed by atoms with Gasteiger partial charge in [0.15, 0.2) is 0 Å². The minimum absolute atomic E-state index is 0.0833. The van der Waals surface area contributed by atoms with E-state index in [0.717, 1.165) is 0 Å². The van der Waals surface area contributed by atoms with Crippen LogP contribution >= 0.6 is 0 Å². The molecule has 0 aliphatic heterocycles. The number of aromatic carboxylic acids is 1. The average Bonchev–Trinajstić information content (AvgIpc) is 2.12. The Morgan fingerprint density at radius 1 is 1.53 bits per heavy atom. The van der Waals surface area contributed by atoms with Crippen molar-refractivity contribution in [2.45, 2.75) is 27.3 Å². The van der Waals surface area contributed by atoms with Crippen LogP contribution in [0.2, 0.25) is 0 Å². The van der Waals surface area contributed by atoms with E-state index in [4.69, 9.17) is 5.11 Å². The van der Waals surface area contributed by atoms with Gasteiger partial charge in [-0.1, -0.05) is 13.8 Å². The number of carboxylic acid groups (broad SMARTS) is 1. The second-order valence-electron chi connectivity index (χ2n) is 4.01. The Morgan fingerprint density at radius 3 is 2.60 bits per heavy atom. The quantitative estimate of drug-likeness (QED) is 0.820. The van der Waals surface area contributed by atoms with Crippen LogP contribution in [0.25, 0.3) is 0 Å². The SMILES string of the molecule is Cc1c(C(=O)O)ccn(CC(C)C)c1=O. The summed E-state index contributed by atoms with van der Waals surface area (Å²) < 4.78 is 1.55. The number of hydrogen-bond acceptors (Lipinski definition) is 2. The fourth-order valence-corrected chi connectivity index (χ4v) is 1.46. The van der Waals surface area contributed by atoms with Crippen LogP contribution in [-0.4, -0.2) is 15.6 Å². The molecule has 0 unspecified atom stereocenters. The van der Waals surface area contributed by atoms with Crippen molar-refractivity contribution >= 4 is 5.97 Å². The number of pyridine rings is 1. The van der Waals surface area contributed by atoms with E-state index in [9.17, 15) is 9.59 Å². The molecule has 0 saturated heterocycles. The summed E-state index contributed by atoms with van der Waals surface area (Å²) in [6, 6.07) is 1.47. The van der Waals surface area contributed by atoms with Gasteiger partial charge in [0.05, 0.1) is 5.56 Å². The summed E-state index contributed by atoms with van der Waals surface area (Å²) in [6.07, 6.45) is 1.54. The molecule has 0 bridgehead atoms. The van der Waals surface area contributed by atoms with Crippen molar-refractivity contribution in [2.75, 3.05) is 0 Å². The van der Waals surface area contributed by atoms with Gasteiger partial charge in [-0.2, -0.15) is 0 Å². The minimum atomic E-state index is -1.05. The van der Waals surface area contributed by atoms with Gasteiger partial charge < -0.3 is 9.67 Å². The predicted octanol–water partition coefficient (Wildman–Crippen LogP) is 1.51. The summed E-state index contributed by atoms with van der Waals surface area (Å²) in [6.45, 7) is 6.17. The summed E-state index contributed by atoms with van der Waals surface area (Å²) in [5.41, 5.74) is 0.161. The summed E-state index contributed by atoms with van der Waals surface area (Å²) in [4.78, 5) is 22.5. The van der Waals surface area contributed by atoms with Gasteiger partial charge in [-0.25, -0.2) is 4.79 Å². The first-order valence-electron chi connectivity index (χ1n) is 4.86. The van der Waals surface area contributed by atoms with Crippen LogP contribution < -0.4 is 5.56 Å². The predicted molar refractivity (Wildman–Crippen MR) is 57.2 cm³/mol. The van der Waals surface area contributed by atoms with Crippen molar-refractivity contribution in [2.24, 2.45) is 5.92 Å². The molecule has 4 heteroatoms. The van der Waals surface area contributed by atoms with E-state index in [1.165, 1.54) is 6.07 Å². The van der Waals surface area contributed by atoms with Gasteiger partial charge in [-0.15, -0.1) is 0 Å². The third-order valence-electron chi connectivity index (χ3n) is 2.20. The zero-order valence-electron chi connectivity index (χ0n) is 9.15. The molecule has 82 valence electrons. The standard InChI is InChI=1S/C11H15NO3/c1-7(2)6-12-5-4-9(11(14)15)8(3)10(12)13/h4-5,7H,6H2,1-3H3,(H,14,15). The van der Waals surface area contributed by atoms with Crippen molar-refractivity contribution in [3.05, 3.63) is 33.7 Å². The van der Waals surface area contributed by atoms with Crippen LogP contribution in [-0.2, 0) is 6.54 Å². The first-order chi connectivity index (χ1) is 6.93. The van der Waals surface area contributed by atoms with Crippen LogP contribution in [0.3, 0.4) is 0 Å². The molecule has 0 radical (unpaired) electrons. The second kappa shape index (κ2) is 4.29. The van der Waals surface area contributed by atoms with Gasteiger partial charge in [0.1, 0.15) is 0 Å². The van der Waals surface area contributed by atoms with Crippen molar-refractivity contribution < 1.29 is 9.90 Å². The lowest BCUT2D eigenvalue weighted by Gasteiger charge is -2.10. The molecule has 0 spiro atoms. The Bertz CT molecular complexity index is 432. The van der Waals surface area contributed by atoms with Crippen molar-refractivity contribution in [1.82, 2.24) is 4.57 Å². The first kappa shape index (κ1) is 11.5. The molecule has 0 aromatic carbocycles. The van der Waals surface area contributed by atoms with Crippen LogP contribution in [0.15, 0.2) is 17.1 Å². The Kier molecular flexibility index (Phi) is 3.29. The molecule has 1 aromatic rings. The molecule has 0 aliphatic rings. The maximum atomic E-state index is 11.7. The lowest BCUT2D eigenvalue weighted by Crippen LogP contribution is -2.26. The van der Waals surface area contributed by atoms with E-state index in [1.54, 1.807) is 17.7 Å². The molecule has 1 N–H and O–H groups in total. The Hall–Kier alpha value is -1.58. The Balaban J connectivity index is 3.22. The maximum absolute atomic E-state index is 11.7. The number of carboxylic acids is 1.